The molecule has 272 valence electrons. The lowest BCUT2D eigenvalue weighted by atomic mass is 10.0. The molecule has 11 heteroatoms. The van der Waals surface area contributed by atoms with Crippen LogP contribution in [0.5, 0.6) is 11.5 Å². The number of rotatable bonds is 20. The summed E-state index contributed by atoms with van der Waals surface area (Å²) >= 11 is 0. The first-order valence-electron chi connectivity index (χ1n) is 17.8. The van der Waals surface area contributed by atoms with Crippen LogP contribution in [0.1, 0.15) is 44.7 Å². The number of hydrogen-bond donors (Lipinski definition) is 0. The van der Waals surface area contributed by atoms with Crippen LogP contribution in [0.15, 0.2) is 109 Å². The summed E-state index contributed by atoms with van der Waals surface area (Å²) in [4.78, 5) is 25.6. The Balaban J connectivity index is 1.33. The van der Waals surface area contributed by atoms with Gasteiger partial charge >= 0.3 is 17.1 Å². The molecule has 2 unspecified atom stereocenters. The van der Waals surface area contributed by atoms with Crippen LogP contribution >= 0.6 is 0 Å². The number of carbonyl (C=O) groups is 2. The van der Waals surface area contributed by atoms with E-state index in [1.807, 2.05) is 109 Å². The van der Waals surface area contributed by atoms with Crippen LogP contribution < -0.4 is 9.47 Å². The Kier molecular flexibility index (Phi) is 14.1. The topological polar surface area (TPSA) is 80.3 Å². The second kappa shape index (κ2) is 17.9. The Morgan fingerprint density at radius 3 is 1.06 bits per heavy atom. The van der Waals surface area contributed by atoms with Crippen molar-refractivity contribution in [3.8, 4) is 11.5 Å². The second-order valence-corrected chi connectivity index (χ2v) is 31.6. The minimum Gasteiger partial charge on any atom is -0.494 e. The Morgan fingerprint density at radius 2 is 0.745 bits per heavy atom. The predicted molar refractivity (Wildman–Crippen MR) is 216 cm³/mol. The van der Waals surface area contributed by atoms with Gasteiger partial charge in [-0.15, -0.1) is 0 Å². The highest BCUT2D eigenvalue weighted by atomic mass is 28.5. The Labute approximate surface area is 309 Å². The average Bonchev–Trinajstić information content (AvgIpc) is 3.07. The van der Waals surface area contributed by atoms with Crippen LogP contribution in [0.25, 0.3) is 0 Å². The van der Waals surface area contributed by atoms with E-state index in [1.54, 1.807) is 0 Å². The van der Waals surface area contributed by atoms with Crippen molar-refractivity contribution < 1.29 is 31.4 Å². The van der Waals surface area contributed by atoms with Gasteiger partial charge in [-0.05, 0) is 126 Å². The summed E-state index contributed by atoms with van der Waals surface area (Å²) < 4.78 is 33.2. The van der Waals surface area contributed by atoms with Crippen molar-refractivity contribution in [1.82, 2.24) is 0 Å². The zero-order valence-electron chi connectivity index (χ0n) is 31.5. The first-order valence-corrected chi connectivity index (χ1v) is 29.7. The van der Waals surface area contributed by atoms with E-state index in [1.165, 1.54) is 0 Å². The summed E-state index contributed by atoms with van der Waals surface area (Å²) in [6.45, 7) is 18.7. The first kappa shape index (κ1) is 40.3. The third-order valence-electron chi connectivity index (χ3n) is 7.87. The molecule has 0 radical (unpaired) electrons. The van der Waals surface area contributed by atoms with Crippen LogP contribution in [0.4, 0.5) is 0 Å². The highest BCUT2D eigenvalue weighted by Gasteiger charge is 2.46. The second-order valence-electron chi connectivity index (χ2n) is 15.1. The molecule has 0 saturated carbocycles. The molecule has 7 nitrogen and oxygen atoms in total. The zero-order valence-corrected chi connectivity index (χ0v) is 35.5. The smallest absolute Gasteiger partial charge is 0.316 e. The predicted octanol–water partition coefficient (Wildman–Crippen LogP) is 10.3. The molecule has 0 saturated heterocycles. The fourth-order valence-electron chi connectivity index (χ4n) is 6.08. The lowest BCUT2D eigenvalue weighted by Crippen LogP contribution is -2.58. The van der Waals surface area contributed by atoms with E-state index >= 15 is 0 Å². The lowest BCUT2D eigenvalue weighted by Gasteiger charge is -2.43. The summed E-state index contributed by atoms with van der Waals surface area (Å²) in [6.07, 6.45) is 1.56. The Morgan fingerprint density at radius 1 is 0.431 bits per heavy atom. The van der Waals surface area contributed by atoms with E-state index in [0.29, 0.717) is 35.5 Å². The van der Waals surface area contributed by atoms with Gasteiger partial charge in [-0.2, -0.15) is 0 Å². The molecule has 0 heterocycles. The molecular formula is C40H54O7Si4. The van der Waals surface area contributed by atoms with E-state index in [-0.39, 0.29) is 11.6 Å². The highest BCUT2D eigenvalue weighted by molar-refractivity contribution is 6.89. The number of carbonyl (C=O) groups excluding carboxylic acids is 2. The molecule has 51 heavy (non-hydrogen) atoms. The quantitative estimate of drug-likeness (QED) is 0.0504. The summed E-state index contributed by atoms with van der Waals surface area (Å²) in [6, 6.07) is 34.8. The maximum atomic E-state index is 12.8. The third-order valence-corrected chi connectivity index (χ3v) is 22.2. The molecule has 0 aliphatic carbocycles. The third kappa shape index (κ3) is 13.6. The van der Waals surface area contributed by atoms with Crippen LogP contribution in [-0.2, 0) is 12.3 Å². The Bertz CT molecular complexity index is 1560. The average molecular weight is 759 g/mol. The van der Waals surface area contributed by atoms with Crippen molar-refractivity contribution in [2.75, 3.05) is 13.2 Å². The van der Waals surface area contributed by atoms with Crippen LogP contribution in [0, 0.1) is 0 Å². The molecule has 0 bridgehead atoms. The zero-order chi connectivity index (χ0) is 37.1. The maximum Gasteiger partial charge on any atom is 0.316 e. The van der Waals surface area contributed by atoms with Gasteiger partial charge in [-0.25, -0.2) is 0 Å². The fourth-order valence-corrected chi connectivity index (χ4v) is 24.4. The van der Waals surface area contributed by atoms with Gasteiger partial charge in [-0.1, -0.05) is 60.7 Å². The molecule has 0 fully saturated rings. The highest BCUT2D eigenvalue weighted by Crippen LogP contribution is 2.31. The van der Waals surface area contributed by atoms with E-state index in [0.717, 1.165) is 36.4 Å². The molecule has 4 aromatic rings. The maximum absolute atomic E-state index is 12.8. The number of ether oxygens (including phenoxy) is 2. The lowest BCUT2D eigenvalue weighted by molar-refractivity contribution is 0.103. The largest absolute Gasteiger partial charge is 0.494 e. The minimum atomic E-state index is -2.67. The summed E-state index contributed by atoms with van der Waals surface area (Å²) in [7, 11) is -9.22. The first-order chi connectivity index (χ1) is 24.0. The van der Waals surface area contributed by atoms with Crippen LogP contribution in [-0.4, -0.2) is 58.5 Å². The van der Waals surface area contributed by atoms with E-state index < -0.39 is 33.8 Å². The molecule has 4 rings (SSSR count). The molecule has 0 aliphatic heterocycles. The molecule has 0 N–H and O–H groups in total. The van der Waals surface area contributed by atoms with Crippen LogP contribution in [0.3, 0.4) is 0 Å². The van der Waals surface area contributed by atoms with E-state index in [2.05, 4.69) is 52.4 Å². The monoisotopic (exact) mass is 758 g/mol. The summed E-state index contributed by atoms with van der Waals surface area (Å²) in [5.74, 6) is 1.45. The standard InChI is InChI=1S/C40H54O7Si4/c1-48(2,3)45-50(7,31-15-29-43-37-25-21-35(22-26-37)39(41)33-17-11-9-12-18-33)47-51(8,46-49(4,5)6)32-16-30-44-38-27-23-36(24-28-38)40(42)34-19-13-10-14-20-34/h9-14,17-28H,15-16,29-32H2,1-8H3. The number of hydrogen-bond acceptors (Lipinski definition) is 7. The van der Waals surface area contributed by atoms with Crippen molar-refractivity contribution in [3.05, 3.63) is 131 Å². The van der Waals surface area contributed by atoms with Crippen molar-refractivity contribution in [2.45, 2.75) is 77.3 Å². The molecular weight excluding hydrogens is 705 g/mol. The Hall–Kier alpha value is -3.43. The van der Waals surface area contributed by atoms with Gasteiger partial charge in [0, 0.05) is 22.3 Å². The van der Waals surface area contributed by atoms with Gasteiger partial charge in [0.05, 0.1) is 13.2 Å². The van der Waals surface area contributed by atoms with E-state index in [9.17, 15) is 9.59 Å². The van der Waals surface area contributed by atoms with Crippen LogP contribution in [0.2, 0.25) is 64.5 Å². The van der Waals surface area contributed by atoms with Gasteiger partial charge in [-0.3, -0.25) is 9.59 Å². The summed E-state index contributed by atoms with van der Waals surface area (Å²) in [5, 5.41) is 0. The molecule has 0 spiro atoms. The van der Waals surface area contributed by atoms with Crippen molar-refractivity contribution in [1.29, 1.82) is 0 Å². The SMILES string of the molecule is C[Si](C)(C)O[Si](C)(CCCOc1ccc(C(=O)c2ccccc2)cc1)O[Si](C)(CCCOc1ccc(C(=O)c2ccccc2)cc1)O[Si](C)(C)C. The van der Waals surface area contributed by atoms with Gasteiger partial charge in [0.15, 0.2) is 28.2 Å². The van der Waals surface area contributed by atoms with E-state index in [4.69, 9.17) is 21.8 Å². The minimum absolute atomic E-state index is 0.00486. The molecule has 4 aromatic carbocycles. The number of ketones is 2. The van der Waals surface area contributed by atoms with Gasteiger partial charge < -0.3 is 21.8 Å². The normalized spacial score (nSPS) is 14.3. The molecule has 2 atom stereocenters. The van der Waals surface area contributed by atoms with Gasteiger partial charge in [0.1, 0.15) is 11.5 Å². The van der Waals surface area contributed by atoms with Crippen molar-refractivity contribution in [2.24, 2.45) is 0 Å². The van der Waals surface area contributed by atoms with Crippen molar-refractivity contribution in [3.63, 3.8) is 0 Å². The van der Waals surface area contributed by atoms with Gasteiger partial charge in [0.25, 0.3) is 0 Å². The van der Waals surface area contributed by atoms with Crippen molar-refractivity contribution >= 4 is 45.3 Å². The van der Waals surface area contributed by atoms with Gasteiger partial charge in [0.2, 0.25) is 0 Å². The molecule has 0 amide bonds. The molecule has 0 aliphatic rings. The number of benzene rings is 4. The summed E-state index contributed by atoms with van der Waals surface area (Å²) in [5.41, 5.74) is 2.61. The molecule has 0 aromatic heterocycles. The fraction of sp³-hybridized carbons (Fsp3) is 0.350.